The van der Waals surface area contributed by atoms with Gasteiger partial charge in [0.25, 0.3) is 0 Å². The van der Waals surface area contributed by atoms with Gasteiger partial charge >= 0.3 is 0 Å². The molecule has 0 fully saturated rings. The zero-order valence-electron chi connectivity index (χ0n) is 14.1. The summed E-state index contributed by atoms with van der Waals surface area (Å²) in [6, 6.07) is 12.8. The molecule has 2 aromatic carbocycles. The normalized spacial score (nSPS) is 19.0. The molecule has 0 spiro atoms. The number of benzene rings is 1. The average Bonchev–Trinajstić information content (AvgIpc) is 3.13. The fourth-order valence-corrected chi connectivity index (χ4v) is 8.16. The molecule has 23 heavy (non-hydrogen) atoms. The van der Waals surface area contributed by atoms with Crippen LogP contribution in [-0.4, -0.2) is 14.3 Å². The fraction of sp³-hybridized carbons (Fsp3) is 0.200. The molecule has 3 heteroatoms. The molecule has 2 bridgehead atoms. The van der Waals surface area contributed by atoms with E-state index in [0.717, 1.165) is 0 Å². The number of aryl methyl sites for hydroxylation is 1. The van der Waals surface area contributed by atoms with Gasteiger partial charge < -0.3 is 0 Å². The Morgan fingerprint density at radius 1 is 1.04 bits per heavy atom. The zero-order valence-corrected chi connectivity index (χ0v) is 17.5. The van der Waals surface area contributed by atoms with Crippen LogP contribution in [0.2, 0.25) is 13.1 Å². The van der Waals surface area contributed by atoms with Crippen LogP contribution in [0.25, 0.3) is 10.8 Å². The first kappa shape index (κ1) is 16.7. The molecule has 0 atom stereocenters. The summed E-state index contributed by atoms with van der Waals surface area (Å²) in [5.74, 6) is 0. The van der Waals surface area contributed by atoms with E-state index in [-0.39, 0.29) is 26.2 Å². The van der Waals surface area contributed by atoms with Crippen LogP contribution in [0, 0.1) is 6.92 Å². The summed E-state index contributed by atoms with van der Waals surface area (Å²) < 4.78 is 0. The van der Waals surface area contributed by atoms with E-state index in [9.17, 15) is 0 Å². The maximum Gasteiger partial charge on any atom is 0.114 e. The summed E-state index contributed by atoms with van der Waals surface area (Å²) in [4.78, 5) is 4.19. The van der Waals surface area contributed by atoms with Crippen LogP contribution in [-0.2, 0) is 26.2 Å². The van der Waals surface area contributed by atoms with E-state index in [0.29, 0.717) is 0 Å². The van der Waals surface area contributed by atoms with Gasteiger partial charge in [-0.05, 0) is 17.3 Å². The number of nitrogens with zero attached hydrogens (tertiary/aromatic N) is 1. The summed E-state index contributed by atoms with van der Waals surface area (Å²) in [6.07, 6.45) is 4.06. The van der Waals surface area contributed by atoms with Crippen LogP contribution < -0.4 is 0 Å². The van der Waals surface area contributed by atoms with E-state index >= 15 is 0 Å². The second-order valence-corrected chi connectivity index (χ2v) is 11.1. The largest absolute Gasteiger partial charge is 0.263 e. The van der Waals surface area contributed by atoms with Crippen molar-refractivity contribution in [3.05, 3.63) is 75.3 Å². The smallest absolute Gasteiger partial charge is 0.114 e. The van der Waals surface area contributed by atoms with Gasteiger partial charge in [-0.15, -0.1) is 40.6 Å². The Labute approximate surface area is 158 Å². The number of aliphatic imine (C=N–C) groups is 1. The van der Waals surface area contributed by atoms with E-state index in [4.69, 9.17) is 0 Å². The second-order valence-electron chi connectivity index (χ2n) is 6.90. The van der Waals surface area contributed by atoms with Crippen LogP contribution in [0.3, 0.4) is 0 Å². The van der Waals surface area contributed by atoms with Crippen molar-refractivity contribution in [2.24, 2.45) is 4.99 Å². The van der Waals surface area contributed by atoms with Gasteiger partial charge in [0.05, 0.1) is 0 Å². The maximum atomic E-state index is 4.19. The monoisotopic (exact) mass is 392 g/mol. The minimum Gasteiger partial charge on any atom is -0.263 e. The van der Waals surface area contributed by atoms with Crippen LogP contribution in [0.4, 0.5) is 0 Å². The second kappa shape index (κ2) is 5.72. The maximum absolute atomic E-state index is 4.19. The molecule has 0 saturated heterocycles. The van der Waals surface area contributed by atoms with Crippen molar-refractivity contribution in [3.63, 3.8) is 0 Å². The number of hydrogen-bond acceptors (Lipinski definition) is 1. The summed E-state index contributed by atoms with van der Waals surface area (Å²) in [6.45, 7) is 9.25. The van der Waals surface area contributed by atoms with E-state index in [1.54, 1.807) is 16.0 Å². The molecule has 0 radical (unpaired) electrons. The topological polar surface area (TPSA) is 12.4 Å². The molecule has 3 heterocycles. The van der Waals surface area contributed by atoms with Gasteiger partial charge in [0, 0.05) is 49.8 Å². The molecular weight excluding hydrogens is 374 g/mol. The summed E-state index contributed by atoms with van der Waals surface area (Å²) >= 11 is 0. The molecule has 114 valence electrons. The van der Waals surface area contributed by atoms with Crippen LogP contribution >= 0.6 is 0 Å². The van der Waals surface area contributed by atoms with Gasteiger partial charge in [-0.1, -0.05) is 31.7 Å². The number of allylic oxidation sites excluding steroid dienone is 5. The van der Waals surface area contributed by atoms with Crippen molar-refractivity contribution in [3.8, 4) is 0 Å². The molecule has 0 unspecified atom stereocenters. The SMILES string of the molecule is CC1=C2C3=CN=CC3=C1[Si]2(C)C.Cc1cc2ccccc2[cH-]1.[Zr]. The molecule has 0 N–H and O–H groups in total. The molecule has 2 aromatic rings. The van der Waals surface area contributed by atoms with Crippen LogP contribution in [0.1, 0.15) is 12.5 Å². The van der Waals surface area contributed by atoms with Gasteiger partial charge in [-0.3, -0.25) is 4.99 Å². The molecule has 6 rings (SSSR count). The van der Waals surface area contributed by atoms with Crippen molar-refractivity contribution in [2.75, 3.05) is 0 Å². The first-order chi connectivity index (χ1) is 10.5. The standard InChI is InChI=1S/C10H11NSi.C10H9.Zr/c1-6-9-7-4-11-5-8(7)10(6)12(9,2)3;1-8-6-9-4-2-3-5-10(9)7-8;/h4-5H,1-3H3;2-7H,1H3;/q;-1;. The molecule has 0 amide bonds. The molecular formula is C20H20NSiZr-. The molecule has 1 nitrogen and oxygen atoms in total. The number of fused-ring (bicyclic) bond motifs is 1. The average molecular weight is 394 g/mol. The van der Waals surface area contributed by atoms with E-state index in [1.807, 2.05) is 12.4 Å². The summed E-state index contributed by atoms with van der Waals surface area (Å²) in [5.41, 5.74) is 5.79. The molecule has 4 aliphatic rings. The first-order valence-electron chi connectivity index (χ1n) is 7.83. The third-order valence-corrected chi connectivity index (χ3v) is 8.79. The van der Waals surface area contributed by atoms with E-state index in [2.05, 4.69) is 68.3 Å². The van der Waals surface area contributed by atoms with Crippen molar-refractivity contribution in [1.82, 2.24) is 0 Å². The number of rotatable bonds is 0. The van der Waals surface area contributed by atoms with Crippen LogP contribution in [0.15, 0.2) is 74.7 Å². The van der Waals surface area contributed by atoms with Gasteiger partial charge in [-0.2, -0.15) is 6.07 Å². The Bertz CT molecular complexity index is 889. The first-order valence-corrected chi connectivity index (χ1v) is 10.8. The van der Waals surface area contributed by atoms with Crippen molar-refractivity contribution >= 4 is 25.1 Å². The molecule has 1 aliphatic carbocycles. The van der Waals surface area contributed by atoms with Gasteiger partial charge in [0.15, 0.2) is 0 Å². The van der Waals surface area contributed by atoms with E-state index < -0.39 is 8.07 Å². The Morgan fingerprint density at radius 3 is 2.43 bits per heavy atom. The van der Waals surface area contributed by atoms with Gasteiger partial charge in [-0.25, -0.2) is 0 Å². The molecule has 0 aromatic heterocycles. The third-order valence-electron chi connectivity index (χ3n) is 5.00. The Kier molecular flexibility index (Phi) is 4.14. The predicted octanol–water partition coefficient (Wildman–Crippen LogP) is 5.25. The minimum absolute atomic E-state index is 0. The number of hydrogen-bond donors (Lipinski definition) is 0. The summed E-state index contributed by atoms with van der Waals surface area (Å²) in [7, 11) is -1.11. The summed E-state index contributed by atoms with van der Waals surface area (Å²) in [5, 5.41) is 6.01. The quantitative estimate of drug-likeness (QED) is 0.428. The zero-order chi connectivity index (χ0) is 15.5. The Morgan fingerprint density at radius 2 is 1.78 bits per heavy atom. The Balaban J connectivity index is 0.000000132. The predicted molar refractivity (Wildman–Crippen MR) is 98.1 cm³/mol. The Hall–Kier alpha value is -1.18. The van der Waals surface area contributed by atoms with Crippen LogP contribution in [0.5, 0.6) is 0 Å². The van der Waals surface area contributed by atoms with Gasteiger partial charge in [0.1, 0.15) is 8.07 Å². The third kappa shape index (κ3) is 2.37. The fourth-order valence-electron chi connectivity index (χ4n) is 4.23. The molecule has 3 aliphatic heterocycles. The minimum atomic E-state index is -1.11. The van der Waals surface area contributed by atoms with Crippen molar-refractivity contribution in [1.29, 1.82) is 0 Å². The van der Waals surface area contributed by atoms with Crippen molar-refractivity contribution in [2.45, 2.75) is 26.9 Å². The van der Waals surface area contributed by atoms with E-state index in [1.165, 1.54) is 27.5 Å². The van der Waals surface area contributed by atoms with Crippen molar-refractivity contribution < 1.29 is 26.2 Å². The molecule has 0 saturated carbocycles. The van der Waals surface area contributed by atoms with Gasteiger partial charge in [0.2, 0.25) is 0 Å².